The first-order chi connectivity index (χ1) is 12.3. The minimum Gasteiger partial charge on any atom is -0.348 e. The molecule has 0 saturated heterocycles. The average Bonchev–Trinajstić information content (AvgIpc) is 3.12. The summed E-state index contributed by atoms with van der Waals surface area (Å²) in [5, 5.41) is 5.48. The molecule has 2 N–H and O–H groups in total. The number of rotatable bonds is 4. The Morgan fingerprint density at radius 1 is 1.12 bits per heavy atom. The third kappa shape index (κ3) is 3.82. The van der Waals surface area contributed by atoms with Crippen molar-refractivity contribution >= 4 is 28.7 Å². The van der Waals surface area contributed by atoms with Gasteiger partial charge in [-0.15, -0.1) is 0 Å². The molecule has 0 aliphatic heterocycles. The molecule has 1 aliphatic carbocycles. The normalized spacial score (nSPS) is 20.5. The second-order valence-corrected chi connectivity index (χ2v) is 7.48. The number of carbonyl (C=O) groups is 1. The third-order valence-corrected chi connectivity index (χ3v) is 5.69. The summed E-state index contributed by atoms with van der Waals surface area (Å²) in [5.74, 6) is -0.0982. The monoisotopic (exact) mass is 353 g/mol. The van der Waals surface area contributed by atoms with E-state index in [1.165, 1.54) is 0 Å². The molecule has 0 spiro atoms. The van der Waals surface area contributed by atoms with E-state index in [9.17, 15) is 4.79 Å². The predicted molar refractivity (Wildman–Crippen MR) is 97.5 cm³/mol. The van der Waals surface area contributed by atoms with Gasteiger partial charge in [0.05, 0.1) is 0 Å². The van der Waals surface area contributed by atoms with Crippen LogP contribution in [0.3, 0.4) is 0 Å². The van der Waals surface area contributed by atoms with Crippen LogP contribution in [0, 0.1) is 0 Å². The SMILES string of the molecule is O=C(NC1CCC(Sc2ncccn2)CC1)c1ccc2cc[nH]c2n1. The molecule has 3 aromatic rings. The molecule has 128 valence electrons. The van der Waals surface area contributed by atoms with Gasteiger partial charge in [0.25, 0.3) is 5.91 Å². The minimum absolute atomic E-state index is 0.0982. The second-order valence-electron chi connectivity index (χ2n) is 6.21. The summed E-state index contributed by atoms with van der Waals surface area (Å²) in [6.45, 7) is 0. The Labute approximate surface area is 149 Å². The van der Waals surface area contributed by atoms with E-state index in [1.807, 2.05) is 24.4 Å². The summed E-state index contributed by atoms with van der Waals surface area (Å²) in [5.41, 5.74) is 1.21. The fourth-order valence-corrected chi connectivity index (χ4v) is 4.19. The van der Waals surface area contributed by atoms with Crippen molar-refractivity contribution in [2.75, 3.05) is 0 Å². The minimum atomic E-state index is -0.0982. The van der Waals surface area contributed by atoms with Gasteiger partial charge < -0.3 is 10.3 Å². The fraction of sp³-hybridized carbons (Fsp3) is 0.333. The molecule has 4 rings (SSSR count). The second kappa shape index (κ2) is 7.23. The zero-order valence-electron chi connectivity index (χ0n) is 13.7. The van der Waals surface area contributed by atoms with Crippen molar-refractivity contribution in [2.45, 2.75) is 42.1 Å². The van der Waals surface area contributed by atoms with E-state index in [0.717, 1.165) is 41.9 Å². The maximum atomic E-state index is 12.4. The van der Waals surface area contributed by atoms with Crippen LogP contribution < -0.4 is 5.32 Å². The number of carbonyl (C=O) groups excluding carboxylic acids is 1. The van der Waals surface area contributed by atoms with E-state index in [1.54, 1.807) is 30.2 Å². The van der Waals surface area contributed by atoms with Crippen molar-refractivity contribution in [3.63, 3.8) is 0 Å². The van der Waals surface area contributed by atoms with Crippen LogP contribution in [-0.2, 0) is 0 Å². The molecule has 25 heavy (non-hydrogen) atoms. The van der Waals surface area contributed by atoms with E-state index < -0.39 is 0 Å². The van der Waals surface area contributed by atoms with Gasteiger partial charge in [0, 0.05) is 35.3 Å². The van der Waals surface area contributed by atoms with Gasteiger partial charge in [-0.3, -0.25) is 4.79 Å². The lowest BCUT2D eigenvalue weighted by Gasteiger charge is -2.28. The summed E-state index contributed by atoms with van der Waals surface area (Å²) in [6.07, 6.45) is 9.43. The Morgan fingerprint density at radius 3 is 2.72 bits per heavy atom. The largest absolute Gasteiger partial charge is 0.348 e. The van der Waals surface area contributed by atoms with Crippen molar-refractivity contribution in [1.82, 2.24) is 25.3 Å². The first-order valence-corrected chi connectivity index (χ1v) is 9.34. The molecular weight excluding hydrogens is 334 g/mol. The number of aromatic amines is 1. The van der Waals surface area contributed by atoms with Gasteiger partial charge in [-0.2, -0.15) is 0 Å². The molecule has 1 saturated carbocycles. The van der Waals surface area contributed by atoms with Crippen molar-refractivity contribution < 1.29 is 4.79 Å². The predicted octanol–water partition coefficient (Wildman–Crippen LogP) is 3.19. The highest BCUT2D eigenvalue weighted by Gasteiger charge is 2.24. The standard InChI is InChI=1S/C18H19N5OS/c24-17(15-7-2-12-8-11-19-16(12)23-15)22-13-3-5-14(6-4-13)25-18-20-9-1-10-21-18/h1-2,7-11,13-14H,3-6H2,(H,19,23)(H,22,24). The summed E-state index contributed by atoms with van der Waals surface area (Å²) in [6, 6.07) is 7.68. The molecule has 3 aromatic heterocycles. The Kier molecular flexibility index (Phi) is 4.65. The van der Waals surface area contributed by atoms with E-state index in [-0.39, 0.29) is 11.9 Å². The van der Waals surface area contributed by atoms with E-state index in [0.29, 0.717) is 10.9 Å². The topological polar surface area (TPSA) is 83.6 Å². The van der Waals surface area contributed by atoms with Crippen molar-refractivity contribution in [3.8, 4) is 0 Å². The number of H-pyrrole nitrogens is 1. The molecule has 6 nitrogen and oxygen atoms in total. The van der Waals surface area contributed by atoms with Crippen LogP contribution in [0.25, 0.3) is 11.0 Å². The highest BCUT2D eigenvalue weighted by molar-refractivity contribution is 7.99. The Balaban J connectivity index is 1.31. The molecule has 0 radical (unpaired) electrons. The number of amides is 1. The lowest BCUT2D eigenvalue weighted by atomic mass is 9.95. The van der Waals surface area contributed by atoms with Crippen LogP contribution in [0.1, 0.15) is 36.2 Å². The number of thioether (sulfide) groups is 1. The first kappa shape index (κ1) is 16.1. The van der Waals surface area contributed by atoms with Gasteiger partial charge >= 0.3 is 0 Å². The van der Waals surface area contributed by atoms with Gasteiger partial charge in [0.1, 0.15) is 11.3 Å². The van der Waals surface area contributed by atoms with E-state index in [4.69, 9.17) is 0 Å². The maximum Gasteiger partial charge on any atom is 0.270 e. The summed E-state index contributed by atoms with van der Waals surface area (Å²) < 4.78 is 0. The van der Waals surface area contributed by atoms with Crippen molar-refractivity contribution in [1.29, 1.82) is 0 Å². The van der Waals surface area contributed by atoms with Crippen molar-refractivity contribution in [2.24, 2.45) is 0 Å². The van der Waals surface area contributed by atoms with Crippen LogP contribution in [-0.4, -0.2) is 37.1 Å². The Bertz CT molecular complexity index is 858. The Morgan fingerprint density at radius 2 is 1.92 bits per heavy atom. The Hall–Kier alpha value is -2.41. The van der Waals surface area contributed by atoms with Crippen LogP contribution in [0.4, 0.5) is 0 Å². The lowest BCUT2D eigenvalue weighted by molar-refractivity contribution is 0.0923. The number of nitrogens with zero attached hydrogens (tertiary/aromatic N) is 3. The summed E-state index contributed by atoms with van der Waals surface area (Å²) >= 11 is 1.73. The first-order valence-electron chi connectivity index (χ1n) is 8.46. The molecule has 0 aromatic carbocycles. The fourth-order valence-electron chi connectivity index (χ4n) is 3.14. The average molecular weight is 353 g/mol. The summed E-state index contributed by atoms with van der Waals surface area (Å²) in [7, 11) is 0. The van der Waals surface area contributed by atoms with Crippen molar-refractivity contribution in [3.05, 3.63) is 48.5 Å². The highest BCUT2D eigenvalue weighted by Crippen LogP contribution is 2.31. The molecule has 0 unspecified atom stereocenters. The molecule has 7 heteroatoms. The zero-order valence-corrected chi connectivity index (χ0v) is 14.5. The quantitative estimate of drug-likeness (QED) is 0.704. The highest BCUT2D eigenvalue weighted by atomic mass is 32.2. The molecule has 1 amide bonds. The number of pyridine rings is 1. The molecule has 1 aliphatic rings. The molecule has 0 atom stereocenters. The molecule has 0 bridgehead atoms. The van der Waals surface area contributed by atoms with Gasteiger partial charge in [-0.25, -0.2) is 15.0 Å². The van der Waals surface area contributed by atoms with Crippen LogP contribution in [0.2, 0.25) is 0 Å². The van der Waals surface area contributed by atoms with Crippen LogP contribution in [0.15, 0.2) is 48.0 Å². The van der Waals surface area contributed by atoms with Crippen LogP contribution in [0.5, 0.6) is 0 Å². The third-order valence-electron chi connectivity index (χ3n) is 4.47. The zero-order chi connectivity index (χ0) is 17.1. The molecule has 3 heterocycles. The van der Waals surface area contributed by atoms with Gasteiger partial charge in [-0.1, -0.05) is 11.8 Å². The van der Waals surface area contributed by atoms with Gasteiger partial charge in [0.2, 0.25) is 0 Å². The van der Waals surface area contributed by atoms with E-state index in [2.05, 4.69) is 25.3 Å². The summed E-state index contributed by atoms with van der Waals surface area (Å²) in [4.78, 5) is 28.4. The number of fused-ring (bicyclic) bond motifs is 1. The number of hydrogen-bond acceptors (Lipinski definition) is 5. The number of nitrogens with one attached hydrogen (secondary N) is 2. The molecule has 1 fully saturated rings. The number of aromatic nitrogens is 4. The van der Waals surface area contributed by atoms with Gasteiger partial charge in [0.15, 0.2) is 5.16 Å². The molecular formula is C18H19N5OS. The van der Waals surface area contributed by atoms with E-state index >= 15 is 0 Å². The maximum absolute atomic E-state index is 12.4. The smallest absolute Gasteiger partial charge is 0.270 e. The van der Waals surface area contributed by atoms with Crippen LogP contribution >= 0.6 is 11.8 Å². The lowest BCUT2D eigenvalue weighted by Crippen LogP contribution is -2.38. The van der Waals surface area contributed by atoms with Gasteiger partial charge in [-0.05, 0) is 49.9 Å². The number of hydrogen-bond donors (Lipinski definition) is 2.